The molecule has 0 fully saturated rings. The predicted octanol–water partition coefficient (Wildman–Crippen LogP) is 8.14. The minimum Gasteiger partial charge on any atom is -0.383 e. The Morgan fingerprint density at radius 1 is 0.745 bits per heavy atom. The highest BCUT2D eigenvalue weighted by atomic mass is 32.2. The number of hydrogen-bond acceptors (Lipinski definition) is 10. The molecule has 0 bridgehead atoms. The monoisotopic (exact) mass is 782 g/mol. The molecule has 0 aliphatic rings. The van der Waals surface area contributed by atoms with E-state index in [-0.39, 0.29) is 76.5 Å². The van der Waals surface area contributed by atoms with E-state index >= 15 is 4.39 Å². The van der Waals surface area contributed by atoms with Crippen LogP contribution in [0, 0.1) is 13.1 Å². The first-order valence-corrected chi connectivity index (χ1v) is 21.1. The number of ether oxygens (including phenoxy) is 3. The van der Waals surface area contributed by atoms with Crippen molar-refractivity contribution in [3.63, 3.8) is 0 Å². The molecule has 11 nitrogen and oxygen atoms in total. The van der Waals surface area contributed by atoms with Crippen molar-refractivity contribution in [1.29, 1.82) is 0 Å². The van der Waals surface area contributed by atoms with Gasteiger partial charge in [-0.15, -0.1) is 0 Å². The maximum absolute atomic E-state index is 15.3. The number of methoxy groups -OCH3 is 1. The largest absolute Gasteiger partial charge is 0.383 e. The minimum atomic E-state index is -2.07. The van der Waals surface area contributed by atoms with Gasteiger partial charge in [0.25, 0.3) is 17.1 Å². The first kappa shape index (κ1) is 52.9. The Labute approximate surface area is 318 Å². The van der Waals surface area contributed by atoms with Crippen molar-refractivity contribution in [3.8, 4) is 0 Å². The minimum absolute atomic E-state index is 0.0696. The molecule has 0 aromatic heterocycles. The molecule has 18 heteroatoms. The highest BCUT2D eigenvalue weighted by molar-refractivity contribution is 7.98. The molecule has 4 radical (unpaired) electrons. The average Bonchev–Trinajstić information content (AvgIpc) is 3.03. The lowest BCUT2D eigenvalue weighted by Crippen LogP contribution is -2.45. The van der Waals surface area contributed by atoms with Crippen LogP contribution in [-0.2, 0) is 32.3 Å². The number of rotatable bonds is 28. The lowest BCUT2D eigenvalue weighted by molar-refractivity contribution is -0.214. The Kier molecular flexibility index (Phi) is 30.3. The van der Waals surface area contributed by atoms with Crippen LogP contribution in [0.1, 0.15) is 89.0 Å². The van der Waals surface area contributed by atoms with Gasteiger partial charge in [-0.25, -0.2) is 31.3 Å². The van der Waals surface area contributed by atoms with E-state index in [9.17, 15) is 4.39 Å². The van der Waals surface area contributed by atoms with Gasteiger partial charge in [-0.05, 0) is 68.6 Å². The van der Waals surface area contributed by atoms with Gasteiger partial charge in [0.15, 0.2) is 0 Å². The third kappa shape index (κ3) is 22.1. The summed E-state index contributed by atoms with van der Waals surface area (Å²) in [6, 6.07) is -0.994. The van der Waals surface area contributed by atoms with Gasteiger partial charge in [-0.3, -0.25) is 0 Å². The molecule has 0 aliphatic carbocycles. The molecule has 0 saturated heterocycles. The first-order chi connectivity index (χ1) is 23.8. The number of hydrogen-bond donors (Lipinski definition) is 0. The third-order valence-electron chi connectivity index (χ3n) is 6.93. The van der Waals surface area contributed by atoms with Crippen molar-refractivity contribution in [2.45, 2.75) is 143 Å². The van der Waals surface area contributed by atoms with Gasteiger partial charge in [-0.1, -0.05) is 13.8 Å². The lowest BCUT2D eigenvalue weighted by Gasteiger charge is -2.40. The van der Waals surface area contributed by atoms with Crippen LogP contribution in [0.5, 0.6) is 0 Å². The molecule has 0 rings (SSSR count). The lowest BCUT2D eigenvalue weighted by atomic mass is 10.00. The zero-order valence-corrected chi connectivity index (χ0v) is 35.9. The first-order valence-electron chi connectivity index (χ1n) is 17.4. The molecular formula is C33H64B2F2N4O7P2S. The van der Waals surface area contributed by atoms with Crippen molar-refractivity contribution >= 4 is 44.5 Å². The summed E-state index contributed by atoms with van der Waals surface area (Å²) >= 11 is 1.50. The molecule has 0 heterocycles. The Balaban J connectivity index is 0. The molecule has 51 heavy (non-hydrogen) atoms. The maximum Gasteiger partial charge on any atom is 0.259 e. The molecule has 7 atom stereocenters. The van der Waals surface area contributed by atoms with Gasteiger partial charge in [0.1, 0.15) is 41.6 Å². The summed E-state index contributed by atoms with van der Waals surface area (Å²) in [5.41, 5.74) is 0. The van der Waals surface area contributed by atoms with E-state index in [2.05, 4.69) is 14.4 Å². The molecule has 0 N–H and O–H groups in total. The predicted molar refractivity (Wildman–Crippen MR) is 209 cm³/mol. The summed E-state index contributed by atoms with van der Waals surface area (Å²) in [4.78, 5) is 6.58. The summed E-state index contributed by atoms with van der Waals surface area (Å²) in [5, 5.41) is 0. The quantitative estimate of drug-likeness (QED) is 0.0336. The molecule has 294 valence electrons. The van der Waals surface area contributed by atoms with E-state index in [4.69, 9.17) is 61.1 Å². The van der Waals surface area contributed by atoms with E-state index in [0.29, 0.717) is 5.75 Å². The van der Waals surface area contributed by atoms with Crippen LogP contribution < -0.4 is 0 Å². The van der Waals surface area contributed by atoms with Crippen LogP contribution in [0.4, 0.5) is 8.78 Å². The van der Waals surface area contributed by atoms with Crippen LogP contribution in [0.3, 0.4) is 0 Å². The molecule has 0 spiro atoms. The Morgan fingerprint density at radius 3 is 1.61 bits per heavy atom. The number of halogens is 2. The highest BCUT2D eigenvalue weighted by Crippen LogP contribution is 2.49. The van der Waals surface area contributed by atoms with Crippen LogP contribution >= 0.6 is 28.8 Å². The Hall–Kier alpha value is -0.180. The van der Waals surface area contributed by atoms with Crippen LogP contribution in [-0.4, -0.2) is 138 Å². The molecule has 3 unspecified atom stereocenters. The number of alkyl halides is 2. The highest BCUT2D eigenvalue weighted by Gasteiger charge is 2.42. The van der Waals surface area contributed by atoms with Gasteiger partial charge in [0.2, 0.25) is 24.8 Å². The molecule has 0 aliphatic heterocycles. The van der Waals surface area contributed by atoms with Gasteiger partial charge in [0.05, 0.1) is 6.61 Å². The summed E-state index contributed by atoms with van der Waals surface area (Å²) in [6.45, 7) is 35.7. The number of nitrogens with zero attached hydrogens (tertiary/aromatic N) is 4. The van der Waals surface area contributed by atoms with Crippen LogP contribution in [0.15, 0.2) is 0 Å². The van der Waals surface area contributed by atoms with Crippen molar-refractivity contribution < 1.29 is 41.1 Å². The molecular weight excluding hydrogens is 718 g/mol. The molecule has 0 aromatic carbocycles. The van der Waals surface area contributed by atoms with Crippen LogP contribution in [0.2, 0.25) is 0 Å². The van der Waals surface area contributed by atoms with Crippen molar-refractivity contribution in [1.82, 2.24) is 9.34 Å². The Morgan fingerprint density at radius 2 is 1.22 bits per heavy atom. The smallest absolute Gasteiger partial charge is 0.259 e. The standard InChI is InChI=1S/C17H33BFN2O4P.C16H31BFN2O3PS/c1-9-17(19,24-16(18)12-22-8)15(6)25-26(23-11-10-20-7)21(13(2)3)14(4)5;1-8-16(18,23-15(17)11-25-7)12-22-24(21-10-9-19-6)20(13(2)3)14(4)5/h13-16H,9-12H2,1-6,8H3;13-15H,8-12H2,1-5,7H3/t15-,16+,17+,26?;15?,16-,24?/m01/s1. The fourth-order valence-electron chi connectivity index (χ4n) is 4.57. The van der Waals surface area contributed by atoms with Crippen LogP contribution in [0.25, 0.3) is 9.69 Å². The fraction of sp³-hybridized carbons (Fsp3) is 0.939. The number of thioether (sulfide) groups is 1. The zero-order valence-electron chi connectivity index (χ0n) is 33.3. The topological polar surface area (TPSA) is 79.8 Å². The molecule has 0 aromatic rings. The third-order valence-corrected chi connectivity index (χ3v) is 11.8. The van der Waals surface area contributed by atoms with Crippen molar-refractivity contribution in [2.24, 2.45) is 0 Å². The van der Waals surface area contributed by atoms with E-state index in [1.807, 2.05) is 66.3 Å². The van der Waals surface area contributed by atoms with Gasteiger partial charge in [0, 0.05) is 61.9 Å². The SMILES string of the molecule is [B]C(CSC)O[C@](F)(CC)COP(OCC[N+]#[C-])N(C(C)C)C(C)C.[B][C@@H](COC)O[C@](F)(CC)[C@H](C)OP(OCC[N+]#[C-])N(C(C)C)C(C)C. The van der Waals surface area contributed by atoms with E-state index in [1.165, 1.54) is 18.9 Å². The fourth-order valence-corrected chi connectivity index (χ4v) is 8.33. The molecule has 0 amide bonds. The van der Waals surface area contributed by atoms with Gasteiger partial charge < -0.3 is 42.0 Å². The average molecular weight is 783 g/mol. The van der Waals surface area contributed by atoms with Gasteiger partial charge in [-0.2, -0.15) is 11.8 Å². The van der Waals surface area contributed by atoms with Crippen molar-refractivity contribution in [3.05, 3.63) is 22.8 Å². The van der Waals surface area contributed by atoms with E-state index in [1.54, 1.807) is 20.8 Å². The summed E-state index contributed by atoms with van der Waals surface area (Å²) in [5.74, 6) is -3.52. The summed E-state index contributed by atoms with van der Waals surface area (Å²) in [6.07, 6.45) is 1.18. The Bertz CT molecular complexity index is 965. The summed E-state index contributed by atoms with van der Waals surface area (Å²) in [7, 11) is 9.98. The maximum atomic E-state index is 15.3. The van der Waals surface area contributed by atoms with E-state index < -0.39 is 46.9 Å². The van der Waals surface area contributed by atoms with E-state index in [0.717, 1.165) is 0 Å². The molecule has 0 saturated carbocycles. The second-order valence-electron chi connectivity index (χ2n) is 12.7. The van der Waals surface area contributed by atoms with Crippen molar-refractivity contribution in [2.75, 3.05) is 58.6 Å². The normalized spacial score (nSPS) is 17.4. The second-order valence-corrected chi connectivity index (χ2v) is 16.4. The zero-order chi connectivity index (χ0) is 39.8. The van der Waals surface area contributed by atoms with Gasteiger partial charge >= 0.3 is 0 Å². The summed E-state index contributed by atoms with van der Waals surface area (Å²) < 4.78 is 73.4. The second kappa shape index (κ2) is 29.2.